The quantitative estimate of drug-likeness (QED) is 0.928. The van der Waals surface area contributed by atoms with Crippen LogP contribution >= 0.6 is 12.4 Å². The number of benzene rings is 1. The molecule has 1 aliphatic rings. The molecule has 1 heterocycles. The molecule has 0 radical (unpaired) electrons. The second-order valence-corrected chi connectivity index (χ2v) is 5.08. The number of alkyl halides is 3. The SMILES string of the molecule is CN(Cc1cccc(C(F)(F)F)c1)C(=O)C1CCNC1.Cl. The second kappa shape index (κ2) is 7.13. The Morgan fingerprint density at radius 3 is 2.71 bits per heavy atom. The Morgan fingerprint density at radius 2 is 2.14 bits per heavy atom. The Morgan fingerprint density at radius 1 is 1.43 bits per heavy atom. The predicted octanol–water partition coefficient (Wildman–Crippen LogP) is 2.70. The van der Waals surface area contributed by atoms with Gasteiger partial charge in [0.25, 0.3) is 0 Å². The molecule has 0 aromatic heterocycles. The van der Waals surface area contributed by atoms with Gasteiger partial charge in [0.1, 0.15) is 0 Å². The molecule has 0 aliphatic carbocycles. The maximum absolute atomic E-state index is 12.6. The Balaban J connectivity index is 0.00000220. The van der Waals surface area contributed by atoms with Gasteiger partial charge in [0.05, 0.1) is 11.5 Å². The number of carbonyl (C=O) groups excluding carboxylic acids is 1. The highest BCUT2D eigenvalue weighted by Gasteiger charge is 2.30. The number of hydrogen-bond donors (Lipinski definition) is 1. The summed E-state index contributed by atoms with van der Waals surface area (Å²) >= 11 is 0. The molecular formula is C14H18ClF3N2O. The fourth-order valence-electron chi connectivity index (χ4n) is 2.37. The van der Waals surface area contributed by atoms with Crippen molar-refractivity contribution in [3.63, 3.8) is 0 Å². The molecule has 1 saturated heterocycles. The molecule has 7 heteroatoms. The van der Waals surface area contributed by atoms with Gasteiger partial charge in [0.15, 0.2) is 0 Å². The molecule has 1 amide bonds. The number of amides is 1. The van der Waals surface area contributed by atoms with Crippen LogP contribution in [-0.2, 0) is 17.5 Å². The highest BCUT2D eigenvalue weighted by molar-refractivity contribution is 5.85. The van der Waals surface area contributed by atoms with Crippen LogP contribution in [0.1, 0.15) is 17.5 Å². The summed E-state index contributed by atoms with van der Waals surface area (Å²) in [6.07, 6.45) is -3.57. The number of carbonyl (C=O) groups is 1. The summed E-state index contributed by atoms with van der Waals surface area (Å²) in [5, 5.41) is 3.10. The van der Waals surface area contributed by atoms with E-state index >= 15 is 0 Å². The molecule has 21 heavy (non-hydrogen) atoms. The lowest BCUT2D eigenvalue weighted by molar-refractivity contribution is -0.137. The van der Waals surface area contributed by atoms with Crippen molar-refractivity contribution in [2.75, 3.05) is 20.1 Å². The van der Waals surface area contributed by atoms with Gasteiger partial charge in [0.2, 0.25) is 5.91 Å². The molecule has 1 aromatic rings. The van der Waals surface area contributed by atoms with E-state index in [1.165, 1.54) is 11.0 Å². The van der Waals surface area contributed by atoms with E-state index in [1.54, 1.807) is 13.1 Å². The summed E-state index contributed by atoms with van der Waals surface area (Å²) in [7, 11) is 1.63. The fraction of sp³-hybridized carbons (Fsp3) is 0.500. The minimum atomic E-state index is -4.35. The summed E-state index contributed by atoms with van der Waals surface area (Å²) in [4.78, 5) is 13.6. The molecule has 0 bridgehead atoms. The summed E-state index contributed by atoms with van der Waals surface area (Å²) in [5.74, 6) is -0.0850. The van der Waals surface area contributed by atoms with Crippen molar-refractivity contribution in [1.29, 1.82) is 0 Å². The lowest BCUT2D eigenvalue weighted by Gasteiger charge is -2.21. The zero-order valence-electron chi connectivity index (χ0n) is 11.6. The molecule has 1 unspecified atom stereocenters. The first-order chi connectivity index (χ1) is 9.38. The fourth-order valence-corrected chi connectivity index (χ4v) is 2.37. The average molecular weight is 323 g/mol. The van der Waals surface area contributed by atoms with Crippen LogP contribution in [-0.4, -0.2) is 30.9 Å². The van der Waals surface area contributed by atoms with Crippen LogP contribution < -0.4 is 5.32 Å². The van der Waals surface area contributed by atoms with Gasteiger partial charge in [-0.15, -0.1) is 12.4 Å². The third-order valence-corrected chi connectivity index (χ3v) is 3.46. The van der Waals surface area contributed by atoms with Crippen LogP contribution in [0.2, 0.25) is 0 Å². The summed E-state index contributed by atoms with van der Waals surface area (Å²) < 4.78 is 37.9. The average Bonchev–Trinajstić information content (AvgIpc) is 2.91. The highest BCUT2D eigenvalue weighted by atomic mass is 35.5. The molecule has 2 rings (SSSR count). The zero-order chi connectivity index (χ0) is 14.8. The van der Waals surface area contributed by atoms with Crippen molar-refractivity contribution in [1.82, 2.24) is 10.2 Å². The first-order valence-corrected chi connectivity index (χ1v) is 6.50. The third-order valence-electron chi connectivity index (χ3n) is 3.46. The zero-order valence-corrected chi connectivity index (χ0v) is 12.4. The molecule has 3 nitrogen and oxygen atoms in total. The van der Waals surface area contributed by atoms with Crippen molar-refractivity contribution in [2.45, 2.75) is 19.1 Å². The van der Waals surface area contributed by atoms with Gasteiger partial charge >= 0.3 is 6.18 Å². The van der Waals surface area contributed by atoms with Gasteiger partial charge in [-0.2, -0.15) is 13.2 Å². The van der Waals surface area contributed by atoms with Gasteiger partial charge in [-0.3, -0.25) is 4.79 Å². The first kappa shape index (κ1) is 17.8. The largest absolute Gasteiger partial charge is 0.416 e. The Bertz CT molecular complexity index is 487. The van der Waals surface area contributed by atoms with E-state index in [9.17, 15) is 18.0 Å². The molecule has 1 N–H and O–H groups in total. The van der Waals surface area contributed by atoms with E-state index in [2.05, 4.69) is 5.32 Å². The Labute approximate surface area is 127 Å². The van der Waals surface area contributed by atoms with Crippen LogP contribution in [0, 0.1) is 5.92 Å². The van der Waals surface area contributed by atoms with Crippen LogP contribution in [0.3, 0.4) is 0 Å². The molecule has 1 aromatic carbocycles. The van der Waals surface area contributed by atoms with Gasteiger partial charge in [-0.05, 0) is 30.7 Å². The van der Waals surface area contributed by atoms with Gasteiger partial charge in [-0.25, -0.2) is 0 Å². The third kappa shape index (κ3) is 4.61. The highest BCUT2D eigenvalue weighted by Crippen LogP contribution is 2.29. The van der Waals surface area contributed by atoms with Crippen molar-refractivity contribution in [3.05, 3.63) is 35.4 Å². The van der Waals surface area contributed by atoms with Crippen molar-refractivity contribution >= 4 is 18.3 Å². The number of rotatable bonds is 3. The maximum atomic E-state index is 12.6. The molecule has 0 spiro atoms. The molecular weight excluding hydrogens is 305 g/mol. The Kier molecular flexibility index (Phi) is 6.04. The van der Waals surface area contributed by atoms with Gasteiger partial charge in [-0.1, -0.05) is 12.1 Å². The van der Waals surface area contributed by atoms with E-state index in [4.69, 9.17) is 0 Å². The van der Waals surface area contributed by atoms with Crippen LogP contribution in [0.15, 0.2) is 24.3 Å². The van der Waals surface area contributed by atoms with E-state index in [-0.39, 0.29) is 30.8 Å². The molecule has 118 valence electrons. The normalized spacial score (nSPS) is 18.2. The number of hydrogen-bond acceptors (Lipinski definition) is 2. The molecule has 1 fully saturated rings. The number of nitrogens with zero attached hydrogens (tertiary/aromatic N) is 1. The number of nitrogens with one attached hydrogen (secondary N) is 1. The standard InChI is InChI=1S/C14H17F3N2O.ClH/c1-19(13(20)11-5-6-18-8-11)9-10-3-2-4-12(7-10)14(15,16)17;/h2-4,7,11,18H,5-6,8-9H2,1H3;1H. The Hall–Kier alpha value is -1.27. The van der Waals surface area contributed by atoms with Crippen LogP contribution in [0.4, 0.5) is 13.2 Å². The lowest BCUT2D eigenvalue weighted by Crippen LogP contribution is -2.33. The lowest BCUT2D eigenvalue weighted by atomic mass is 10.1. The summed E-state index contributed by atoms with van der Waals surface area (Å²) in [6.45, 7) is 1.65. The minimum Gasteiger partial charge on any atom is -0.341 e. The first-order valence-electron chi connectivity index (χ1n) is 6.50. The van der Waals surface area contributed by atoms with E-state index in [0.29, 0.717) is 12.1 Å². The van der Waals surface area contributed by atoms with Crippen LogP contribution in [0.5, 0.6) is 0 Å². The summed E-state index contributed by atoms with van der Waals surface area (Å²) in [5.41, 5.74) is -0.194. The molecule has 1 atom stereocenters. The summed E-state index contributed by atoms with van der Waals surface area (Å²) in [6, 6.07) is 5.10. The maximum Gasteiger partial charge on any atom is 0.416 e. The monoisotopic (exact) mass is 322 g/mol. The van der Waals surface area contributed by atoms with E-state index in [0.717, 1.165) is 25.1 Å². The second-order valence-electron chi connectivity index (χ2n) is 5.08. The van der Waals surface area contributed by atoms with Gasteiger partial charge < -0.3 is 10.2 Å². The van der Waals surface area contributed by atoms with Crippen molar-refractivity contribution in [2.24, 2.45) is 5.92 Å². The number of halogens is 4. The smallest absolute Gasteiger partial charge is 0.341 e. The molecule has 0 saturated carbocycles. The van der Waals surface area contributed by atoms with E-state index in [1.807, 2.05) is 0 Å². The minimum absolute atomic E-state index is 0. The van der Waals surface area contributed by atoms with E-state index < -0.39 is 11.7 Å². The van der Waals surface area contributed by atoms with Gasteiger partial charge in [0, 0.05) is 20.1 Å². The van der Waals surface area contributed by atoms with Crippen molar-refractivity contribution in [3.8, 4) is 0 Å². The van der Waals surface area contributed by atoms with Crippen LogP contribution in [0.25, 0.3) is 0 Å². The van der Waals surface area contributed by atoms with Crippen molar-refractivity contribution < 1.29 is 18.0 Å². The topological polar surface area (TPSA) is 32.3 Å². The molecule has 1 aliphatic heterocycles. The predicted molar refractivity (Wildman–Crippen MR) is 76.1 cm³/mol.